The second kappa shape index (κ2) is 8.55. The van der Waals surface area contributed by atoms with Crippen molar-refractivity contribution in [2.45, 2.75) is 26.4 Å². The summed E-state index contributed by atoms with van der Waals surface area (Å²) in [6, 6.07) is 11.3. The summed E-state index contributed by atoms with van der Waals surface area (Å²) in [5.41, 5.74) is 1.71. The lowest BCUT2D eigenvalue weighted by Crippen LogP contribution is -2.11. The molecule has 0 saturated heterocycles. The fourth-order valence-corrected chi connectivity index (χ4v) is 2.46. The summed E-state index contributed by atoms with van der Waals surface area (Å²) in [5, 5.41) is 9.82. The van der Waals surface area contributed by atoms with E-state index >= 15 is 0 Å². The third-order valence-electron chi connectivity index (χ3n) is 3.73. The molecule has 0 aliphatic heterocycles. The van der Waals surface area contributed by atoms with Crippen molar-refractivity contribution >= 4 is 23.3 Å². The number of nitriles is 1. The van der Waals surface area contributed by atoms with Gasteiger partial charge in [-0.05, 0) is 54.8 Å². The first kappa shape index (κ1) is 18.8. The van der Waals surface area contributed by atoms with Crippen LogP contribution in [-0.4, -0.2) is 13.2 Å². The summed E-state index contributed by atoms with van der Waals surface area (Å²) >= 11 is 6.34. The van der Waals surface area contributed by atoms with E-state index in [0.29, 0.717) is 33.2 Å². The Morgan fingerprint density at radius 3 is 2.56 bits per heavy atom. The van der Waals surface area contributed by atoms with E-state index in [1.54, 1.807) is 30.3 Å². The highest BCUT2D eigenvalue weighted by Gasteiger charge is 2.14. The number of ether oxygens (including phenoxy) is 2. The van der Waals surface area contributed by atoms with Crippen LogP contribution in [0.25, 0.3) is 11.6 Å². The topological polar surface area (TPSA) is 42.2 Å². The zero-order valence-electron chi connectivity index (χ0n) is 14.3. The van der Waals surface area contributed by atoms with Gasteiger partial charge in [-0.1, -0.05) is 30.7 Å². The molecule has 25 heavy (non-hydrogen) atoms. The van der Waals surface area contributed by atoms with Crippen molar-refractivity contribution in [2.24, 2.45) is 0 Å². The maximum atomic E-state index is 13.1. The quantitative estimate of drug-likeness (QED) is 0.488. The molecule has 0 saturated carbocycles. The van der Waals surface area contributed by atoms with Gasteiger partial charge in [0, 0.05) is 0 Å². The summed E-state index contributed by atoms with van der Waals surface area (Å²) in [6.45, 7) is 3.97. The van der Waals surface area contributed by atoms with Crippen LogP contribution in [-0.2, 0) is 0 Å². The molecule has 2 rings (SSSR count). The number of methoxy groups -OCH3 is 1. The Bertz CT molecular complexity index is 810. The van der Waals surface area contributed by atoms with Crippen LogP contribution in [0.5, 0.6) is 11.5 Å². The average Bonchev–Trinajstić information content (AvgIpc) is 2.62. The predicted octanol–water partition coefficient (Wildman–Crippen LogP) is 5.73. The Kier molecular flexibility index (Phi) is 6.44. The zero-order chi connectivity index (χ0) is 18.4. The van der Waals surface area contributed by atoms with E-state index in [4.69, 9.17) is 21.1 Å². The summed E-state index contributed by atoms with van der Waals surface area (Å²) in [4.78, 5) is 0. The molecule has 3 nitrogen and oxygen atoms in total. The fraction of sp³-hybridized carbons (Fsp3) is 0.250. The van der Waals surface area contributed by atoms with Crippen LogP contribution in [0.15, 0.2) is 36.4 Å². The Hall–Kier alpha value is -2.51. The van der Waals surface area contributed by atoms with Gasteiger partial charge in [0.05, 0.1) is 29.9 Å². The highest BCUT2D eigenvalue weighted by molar-refractivity contribution is 6.32. The number of hydrogen-bond donors (Lipinski definition) is 0. The molecule has 0 radical (unpaired) electrons. The summed E-state index contributed by atoms with van der Waals surface area (Å²) in [7, 11) is 1.54. The van der Waals surface area contributed by atoms with Crippen LogP contribution in [0.1, 0.15) is 31.4 Å². The van der Waals surface area contributed by atoms with Gasteiger partial charge < -0.3 is 9.47 Å². The zero-order valence-corrected chi connectivity index (χ0v) is 15.1. The number of hydrogen-bond acceptors (Lipinski definition) is 3. The first-order chi connectivity index (χ1) is 12.0. The second-order valence-electron chi connectivity index (χ2n) is 5.55. The number of rotatable bonds is 6. The van der Waals surface area contributed by atoms with Gasteiger partial charge in [0.15, 0.2) is 11.5 Å². The van der Waals surface area contributed by atoms with Crippen LogP contribution < -0.4 is 9.47 Å². The van der Waals surface area contributed by atoms with E-state index in [2.05, 4.69) is 6.07 Å². The Morgan fingerprint density at radius 2 is 2.00 bits per heavy atom. The Morgan fingerprint density at radius 1 is 1.32 bits per heavy atom. The van der Waals surface area contributed by atoms with Gasteiger partial charge in [-0.2, -0.15) is 5.26 Å². The maximum Gasteiger partial charge on any atom is 0.180 e. The van der Waals surface area contributed by atoms with Gasteiger partial charge in [-0.25, -0.2) is 4.39 Å². The third-order valence-corrected chi connectivity index (χ3v) is 4.01. The van der Waals surface area contributed by atoms with E-state index < -0.39 is 0 Å². The lowest BCUT2D eigenvalue weighted by Gasteiger charge is -2.17. The summed E-state index contributed by atoms with van der Waals surface area (Å²) < 4.78 is 24.3. The van der Waals surface area contributed by atoms with Gasteiger partial charge >= 0.3 is 0 Å². The molecule has 0 aliphatic carbocycles. The minimum absolute atomic E-state index is 0.00155. The van der Waals surface area contributed by atoms with Crippen molar-refractivity contribution in [3.05, 3.63) is 58.4 Å². The number of halogens is 2. The number of benzene rings is 2. The van der Waals surface area contributed by atoms with E-state index in [0.717, 1.165) is 6.42 Å². The second-order valence-corrected chi connectivity index (χ2v) is 5.95. The van der Waals surface area contributed by atoms with Crippen molar-refractivity contribution in [3.8, 4) is 17.6 Å². The van der Waals surface area contributed by atoms with Crippen molar-refractivity contribution in [1.82, 2.24) is 0 Å². The third kappa shape index (κ3) is 4.74. The molecule has 2 aromatic carbocycles. The van der Waals surface area contributed by atoms with E-state index in [1.807, 2.05) is 13.8 Å². The standard InChI is InChI=1S/C20H19ClFNO2/c1-4-13(2)25-20-18(21)10-14(11-19(20)24-3)9-16(12-23)15-5-7-17(22)8-6-15/h5-11,13H,4H2,1-3H3/b16-9+/t13-/m0/s1. The SMILES string of the molecule is CC[C@H](C)Oc1c(Cl)cc(/C=C(\C#N)c2ccc(F)cc2)cc1OC. The van der Waals surface area contributed by atoms with Crippen molar-refractivity contribution < 1.29 is 13.9 Å². The molecule has 0 amide bonds. The van der Waals surface area contributed by atoms with Crippen LogP contribution in [0.3, 0.4) is 0 Å². The minimum atomic E-state index is -0.350. The van der Waals surface area contributed by atoms with Crippen LogP contribution >= 0.6 is 11.6 Å². The first-order valence-electron chi connectivity index (χ1n) is 7.90. The molecule has 0 bridgehead atoms. The van der Waals surface area contributed by atoms with Crippen molar-refractivity contribution in [2.75, 3.05) is 7.11 Å². The Balaban J connectivity index is 2.43. The highest BCUT2D eigenvalue weighted by atomic mass is 35.5. The van der Waals surface area contributed by atoms with Crippen LogP contribution in [0, 0.1) is 17.1 Å². The highest BCUT2D eigenvalue weighted by Crippen LogP contribution is 2.38. The largest absolute Gasteiger partial charge is 0.493 e. The van der Waals surface area contributed by atoms with Crippen LogP contribution in [0.4, 0.5) is 4.39 Å². The Labute approximate surface area is 152 Å². The predicted molar refractivity (Wildman–Crippen MR) is 98.3 cm³/mol. The smallest absolute Gasteiger partial charge is 0.180 e. The molecule has 130 valence electrons. The first-order valence-corrected chi connectivity index (χ1v) is 8.28. The van der Waals surface area contributed by atoms with E-state index in [-0.39, 0.29) is 11.9 Å². The van der Waals surface area contributed by atoms with E-state index in [9.17, 15) is 9.65 Å². The lowest BCUT2D eigenvalue weighted by molar-refractivity contribution is 0.208. The fourth-order valence-electron chi connectivity index (χ4n) is 2.20. The van der Waals surface area contributed by atoms with Crippen molar-refractivity contribution in [3.63, 3.8) is 0 Å². The molecule has 0 aromatic heterocycles. The van der Waals surface area contributed by atoms with Gasteiger partial charge in [-0.3, -0.25) is 0 Å². The number of nitrogens with zero attached hydrogens (tertiary/aromatic N) is 1. The van der Waals surface area contributed by atoms with E-state index in [1.165, 1.54) is 19.2 Å². The molecule has 2 aromatic rings. The molecular formula is C20H19ClFNO2. The lowest BCUT2D eigenvalue weighted by atomic mass is 10.0. The molecule has 0 heterocycles. The average molecular weight is 360 g/mol. The summed E-state index contributed by atoms with van der Waals surface area (Å²) in [5.74, 6) is 0.628. The minimum Gasteiger partial charge on any atom is -0.493 e. The molecule has 0 aliphatic rings. The molecule has 1 atom stereocenters. The van der Waals surface area contributed by atoms with Gasteiger partial charge in [-0.15, -0.1) is 0 Å². The van der Waals surface area contributed by atoms with Gasteiger partial charge in [0.2, 0.25) is 0 Å². The van der Waals surface area contributed by atoms with Gasteiger partial charge in [0.25, 0.3) is 0 Å². The molecule has 0 N–H and O–H groups in total. The normalized spacial score (nSPS) is 12.4. The molecule has 5 heteroatoms. The number of allylic oxidation sites excluding steroid dienone is 1. The molecule has 0 fully saturated rings. The van der Waals surface area contributed by atoms with Crippen LogP contribution in [0.2, 0.25) is 5.02 Å². The monoisotopic (exact) mass is 359 g/mol. The summed E-state index contributed by atoms with van der Waals surface area (Å²) in [6.07, 6.45) is 2.51. The van der Waals surface area contributed by atoms with Crippen molar-refractivity contribution in [1.29, 1.82) is 5.26 Å². The molecule has 0 spiro atoms. The molecule has 0 unspecified atom stereocenters. The molecular weight excluding hydrogens is 341 g/mol. The van der Waals surface area contributed by atoms with Gasteiger partial charge in [0.1, 0.15) is 5.82 Å². The maximum absolute atomic E-state index is 13.1.